The predicted molar refractivity (Wildman–Crippen MR) is 169 cm³/mol. The van der Waals surface area contributed by atoms with Gasteiger partial charge in [0.15, 0.2) is 0 Å². The minimum atomic E-state index is -3.86. The van der Waals surface area contributed by atoms with Crippen LogP contribution in [0.3, 0.4) is 0 Å². The molecule has 1 saturated carbocycles. The second-order valence-electron chi connectivity index (χ2n) is 11.0. The average molecular weight is 631 g/mol. The number of anilines is 1. The number of benzene rings is 3. The van der Waals surface area contributed by atoms with Crippen molar-refractivity contribution in [3.8, 4) is 0 Å². The highest BCUT2D eigenvalue weighted by molar-refractivity contribution is 7.92. The Balaban J connectivity index is 1.77. The largest absolute Gasteiger partial charge is 0.352 e. The Kier molecular flexibility index (Phi) is 10.6. The summed E-state index contributed by atoms with van der Waals surface area (Å²) in [7, 11) is -3.86. The first-order valence-corrected chi connectivity index (χ1v) is 16.7. The topological polar surface area (TPSA) is 86.8 Å². The molecule has 0 spiro atoms. The Hall–Kier alpha value is -3.07. The van der Waals surface area contributed by atoms with Gasteiger partial charge in [0, 0.05) is 34.6 Å². The monoisotopic (exact) mass is 629 g/mol. The highest BCUT2D eigenvalue weighted by Crippen LogP contribution is 2.29. The van der Waals surface area contributed by atoms with E-state index in [1.165, 1.54) is 4.90 Å². The lowest BCUT2D eigenvalue weighted by atomic mass is 10.0. The van der Waals surface area contributed by atoms with Crippen molar-refractivity contribution in [2.45, 2.75) is 64.6 Å². The third-order valence-corrected chi connectivity index (χ3v) is 9.39. The summed E-state index contributed by atoms with van der Waals surface area (Å²) in [5.41, 5.74) is 3.46. The Labute approximate surface area is 258 Å². The molecule has 0 aliphatic heterocycles. The van der Waals surface area contributed by atoms with Crippen molar-refractivity contribution in [2.75, 3.05) is 17.1 Å². The SMILES string of the molecule is Cc1cc(C)cc(N(CC(=O)N(Cc2c(Cl)cccc2Cl)[C@@H](Cc2ccccc2)C(=O)NC2CCCC2)S(C)(=O)=O)c1. The first-order chi connectivity index (χ1) is 19.9. The summed E-state index contributed by atoms with van der Waals surface area (Å²) in [4.78, 5) is 29.7. The van der Waals surface area contributed by atoms with E-state index in [1.807, 2.05) is 50.2 Å². The average Bonchev–Trinajstić information content (AvgIpc) is 3.43. The van der Waals surface area contributed by atoms with Gasteiger partial charge in [0.05, 0.1) is 11.9 Å². The number of amides is 2. The number of hydrogen-bond donors (Lipinski definition) is 1. The molecule has 3 aromatic rings. The van der Waals surface area contributed by atoms with Crippen LogP contribution >= 0.6 is 23.2 Å². The molecule has 1 N–H and O–H groups in total. The van der Waals surface area contributed by atoms with Crippen molar-refractivity contribution in [3.05, 3.63) is 99.0 Å². The molecule has 42 heavy (non-hydrogen) atoms. The van der Waals surface area contributed by atoms with Crippen molar-refractivity contribution < 1.29 is 18.0 Å². The molecule has 0 radical (unpaired) electrons. The van der Waals surface area contributed by atoms with Gasteiger partial charge in [-0.2, -0.15) is 0 Å². The number of nitrogens with one attached hydrogen (secondary N) is 1. The maximum atomic E-state index is 14.3. The maximum absolute atomic E-state index is 14.3. The summed E-state index contributed by atoms with van der Waals surface area (Å²) in [5.74, 6) is -0.836. The van der Waals surface area contributed by atoms with Crippen LogP contribution in [-0.4, -0.2) is 50.0 Å². The van der Waals surface area contributed by atoms with E-state index < -0.39 is 28.5 Å². The fourth-order valence-electron chi connectivity index (χ4n) is 5.48. The van der Waals surface area contributed by atoms with Gasteiger partial charge in [-0.1, -0.05) is 78.5 Å². The van der Waals surface area contributed by atoms with Crippen LogP contribution in [0, 0.1) is 13.8 Å². The van der Waals surface area contributed by atoms with Crippen LogP contribution in [0.15, 0.2) is 66.7 Å². The highest BCUT2D eigenvalue weighted by Gasteiger charge is 2.35. The zero-order valence-electron chi connectivity index (χ0n) is 24.1. The molecule has 1 aliphatic rings. The molecule has 7 nitrogen and oxygen atoms in total. The van der Waals surface area contributed by atoms with E-state index >= 15 is 0 Å². The zero-order chi connectivity index (χ0) is 30.4. The van der Waals surface area contributed by atoms with Gasteiger partial charge in [-0.05, 0) is 67.6 Å². The molecule has 2 amide bonds. The molecular formula is C32H37Cl2N3O4S. The van der Waals surface area contributed by atoms with E-state index in [4.69, 9.17) is 23.2 Å². The Morgan fingerprint density at radius 3 is 2.10 bits per heavy atom. The van der Waals surface area contributed by atoms with Crippen molar-refractivity contribution in [1.82, 2.24) is 10.2 Å². The first-order valence-electron chi connectivity index (χ1n) is 14.0. The second-order valence-corrected chi connectivity index (χ2v) is 13.8. The van der Waals surface area contributed by atoms with Gasteiger partial charge in [0.1, 0.15) is 12.6 Å². The lowest BCUT2D eigenvalue weighted by molar-refractivity contribution is -0.140. The molecule has 10 heteroatoms. The minimum absolute atomic E-state index is 0.0272. The van der Waals surface area contributed by atoms with E-state index in [-0.39, 0.29) is 24.9 Å². The number of nitrogens with zero attached hydrogens (tertiary/aromatic N) is 2. The lowest BCUT2D eigenvalue weighted by Gasteiger charge is -2.34. The number of aryl methyl sites for hydroxylation is 2. The van der Waals surface area contributed by atoms with E-state index in [0.29, 0.717) is 21.3 Å². The normalized spacial score (nSPS) is 14.4. The smallest absolute Gasteiger partial charge is 0.244 e. The second kappa shape index (κ2) is 13.9. The molecule has 0 heterocycles. The van der Waals surface area contributed by atoms with Crippen molar-refractivity contribution in [2.24, 2.45) is 0 Å². The van der Waals surface area contributed by atoms with Crippen LogP contribution in [0.25, 0.3) is 0 Å². The van der Waals surface area contributed by atoms with Crippen LogP contribution in [0.4, 0.5) is 5.69 Å². The van der Waals surface area contributed by atoms with Gasteiger partial charge >= 0.3 is 0 Å². The summed E-state index contributed by atoms with van der Waals surface area (Å²) in [6, 6.07) is 19.0. The molecule has 1 aliphatic carbocycles. The quantitative estimate of drug-likeness (QED) is 0.279. The molecule has 4 rings (SSSR count). The van der Waals surface area contributed by atoms with Crippen molar-refractivity contribution >= 4 is 50.7 Å². The van der Waals surface area contributed by atoms with E-state index in [1.54, 1.807) is 30.3 Å². The Morgan fingerprint density at radius 1 is 0.929 bits per heavy atom. The summed E-state index contributed by atoms with van der Waals surface area (Å²) in [6.45, 7) is 3.17. The van der Waals surface area contributed by atoms with Crippen LogP contribution < -0.4 is 9.62 Å². The van der Waals surface area contributed by atoms with E-state index in [2.05, 4.69) is 5.32 Å². The summed E-state index contributed by atoms with van der Waals surface area (Å²) >= 11 is 13.1. The van der Waals surface area contributed by atoms with Crippen molar-refractivity contribution in [1.29, 1.82) is 0 Å². The van der Waals surface area contributed by atoms with Gasteiger partial charge in [0.2, 0.25) is 21.8 Å². The van der Waals surface area contributed by atoms with E-state index in [0.717, 1.165) is 52.9 Å². The molecule has 1 atom stereocenters. The lowest BCUT2D eigenvalue weighted by Crippen LogP contribution is -2.54. The number of hydrogen-bond acceptors (Lipinski definition) is 4. The maximum Gasteiger partial charge on any atom is 0.244 e. The molecular weight excluding hydrogens is 593 g/mol. The van der Waals surface area contributed by atoms with E-state index in [9.17, 15) is 18.0 Å². The fourth-order valence-corrected chi connectivity index (χ4v) is 6.83. The zero-order valence-corrected chi connectivity index (χ0v) is 26.5. The minimum Gasteiger partial charge on any atom is -0.352 e. The van der Waals surface area contributed by atoms with Crippen LogP contribution in [0.5, 0.6) is 0 Å². The third kappa shape index (κ3) is 8.27. The molecule has 1 fully saturated rings. The summed E-state index contributed by atoms with van der Waals surface area (Å²) < 4.78 is 27.2. The van der Waals surface area contributed by atoms with Gasteiger partial charge < -0.3 is 10.2 Å². The summed E-state index contributed by atoms with van der Waals surface area (Å²) in [5, 5.41) is 3.85. The van der Waals surface area contributed by atoms with Crippen LogP contribution in [0.1, 0.15) is 47.9 Å². The predicted octanol–water partition coefficient (Wildman–Crippen LogP) is 6.08. The van der Waals surface area contributed by atoms with Crippen LogP contribution in [0.2, 0.25) is 10.0 Å². The standard InChI is InChI=1S/C32H37Cl2N3O4S/c1-22-16-23(2)18-26(17-22)37(42(3,40)41)21-31(38)36(20-27-28(33)14-9-15-29(27)34)30(19-24-10-5-4-6-11-24)32(39)35-25-12-7-8-13-25/h4-6,9-11,14-18,25,30H,7-8,12-13,19-21H2,1-3H3,(H,35,39)/t30-/m0/s1. The highest BCUT2D eigenvalue weighted by atomic mass is 35.5. The first kappa shape index (κ1) is 31.9. The van der Waals surface area contributed by atoms with Gasteiger partial charge in [-0.3, -0.25) is 13.9 Å². The fraction of sp³-hybridized carbons (Fsp3) is 0.375. The summed E-state index contributed by atoms with van der Waals surface area (Å²) in [6.07, 6.45) is 5.12. The number of carbonyl (C=O) groups is 2. The number of rotatable bonds is 11. The van der Waals surface area contributed by atoms with Gasteiger partial charge in [0.25, 0.3) is 0 Å². The molecule has 0 aromatic heterocycles. The van der Waals surface area contributed by atoms with Gasteiger partial charge in [-0.25, -0.2) is 8.42 Å². The third-order valence-electron chi connectivity index (χ3n) is 7.54. The number of carbonyl (C=O) groups excluding carboxylic acids is 2. The van der Waals surface area contributed by atoms with Gasteiger partial charge in [-0.15, -0.1) is 0 Å². The molecule has 224 valence electrons. The van der Waals surface area contributed by atoms with Crippen LogP contribution in [-0.2, 0) is 32.6 Å². The molecule has 0 bridgehead atoms. The number of sulfonamides is 1. The number of halogens is 2. The molecule has 3 aromatic carbocycles. The Bertz CT molecular complexity index is 1490. The molecule has 0 unspecified atom stereocenters. The van der Waals surface area contributed by atoms with Crippen molar-refractivity contribution in [3.63, 3.8) is 0 Å². The Morgan fingerprint density at radius 2 is 1.52 bits per heavy atom. The molecule has 0 saturated heterocycles.